The van der Waals surface area contributed by atoms with Crippen LogP contribution in [0.15, 0.2) is 52.0 Å². The first-order chi connectivity index (χ1) is 16.8. The summed E-state index contributed by atoms with van der Waals surface area (Å²) in [5.74, 6) is 1.70. The van der Waals surface area contributed by atoms with Gasteiger partial charge in [-0.1, -0.05) is 17.8 Å². The van der Waals surface area contributed by atoms with Gasteiger partial charge in [0, 0.05) is 11.1 Å². The quantitative estimate of drug-likeness (QED) is 0.229. The number of amidine groups is 2. The van der Waals surface area contributed by atoms with E-state index in [9.17, 15) is 4.79 Å². The second-order valence-electron chi connectivity index (χ2n) is 8.02. The minimum atomic E-state index is -0.423. The molecular weight excluding hydrogens is 577 g/mol. The Bertz CT molecular complexity index is 1290. The van der Waals surface area contributed by atoms with Gasteiger partial charge in [-0.3, -0.25) is 15.1 Å². The molecule has 0 spiro atoms. The Morgan fingerprint density at radius 1 is 1.09 bits per heavy atom. The number of hydrogen-bond acceptors (Lipinski definition) is 6. The second-order valence-corrected chi connectivity index (χ2v) is 10.4. The van der Waals surface area contributed by atoms with Crippen molar-refractivity contribution in [2.45, 2.75) is 27.7 Å². The predicted octanol–water partition coefficient (Wildman–Crippen LogP) is 5.93. The molecule has 4 rings (SSSR count). The number of hydrogen-bond donors (Lipinski definition) is 1. The third-order valence-electron chi connectivity index (χ3n) is 5.41. The van der Waals surface area contributed by atoms with E-state index >= 15 is 0 Å². The molecule has 35 heavy (non-hydrogen) atoms. The maximum atomic E-state index is 12.6. The fourth-order valence-corrected chi connectivity index (χ4v) is 5.15. The Morgan fingerprint density at radius 3 is 2.60 bits per heavy atom. The molecule has 0 aliphatic carbocycles. The first-order valence-electron chi connectivity index (χ1n) is 11.1. The van der Waals surface area contributed by atoms with Crippen LogP contribution in [0.4, 0.5) is 0 Å². The highest BCUT2D eigenvalue weighted by Crippen LogP contribution is 2.36. The van der Waals surface area contributed by atoms with E-state index < -0.39 is 5.91 Å². The molecule has 0 saturated carbocycles. The van der Waals surface area contributed by atoms with Gasteiger partial charge >= 0.3 is 0 Å². The van der Waals surface area contributed by atoms with Crippen LogP contribution in [0, 0.1) is 22.8 Å². The molecule has 0 aromatic heterocycles. The lowest BCUT2D eigenvalue weighted by molar-refractivity contribution is -0.114. The summed E-state index contributed by atoms with van der Waals surface area (Å²) >= 11 is 3.58. The molecule has 0 unspecified atom stereocenters. The minimum absolute atomic E-state index is 0.112. The summed E-state index contributed by atoms with van der Waals surface area (Å²) in [6.45, 7) is 9.16. The molecule has 0 radical (unpaired) electrons. The van der Waals surface area contributed by atoms with E-state index in [4.69, 9.17) is 19.6 Å². The standard InChI is InChI=1S/C26H26IN3O4S/c1-5-32-22-13-18(11-20-24(28)30-14-17(4)35-26(30)29-25(20)31)12-21(27)23(22)34-9-8-33-19-7-6-15(2)16(3)10-19/h6-7,10-14,28H,5,8-9H2,1-4H3. The van der Waals surface area contributed by atoms with Gasteiger partial charge in [0.1, 0.15) is 24.8 Å². The number of nitrogens with zero attached hydrogens (tertiary/aromatic N) is 2. The summed E-state index contributed by atoms with van der Waals surface area (Å²) in [4.78, 5) is 19.4. The number of amides is 1. The monoisotopic (exact) mass is 603 g/mol. The van der Waals surface area contributed by atoms with Crippen molar-refractivity contribution in [2.24, 2.45) is 4.99 Å². The van der Waals surface area contributed by atoms with Crippen LogP contribution < -0.4 is 14.2 Å². The maximum absolute atomic E-state index is 12.6. The zero-order valence-electron chi connectivity index (χ0n) is 20.0. The number of carbonyl (C=O) groups excluding carboxylic acids is 1. The van der Waals surface area contributed by atoms with Crippen LogP contribution in [0.2, 0.25) is 0 Å². The maximum Gasteiger partial charge on any atom is 0.283 e. The number of rotatable bonds is 8. The third kappa shape index (κ3) is 5.72. The van der Waals surface area contributed by atoms with Crippen molar-refractivity contribution in [3.8, 4) is 17.2 Å². The first-order valence-corrected chi connectivity index (χ1v) is 13.0. The number of halogens is 1. The van der Waals surface area contributed by atoms with Crippen LogP contribution in [0.25, 0.3) is 6.08 Å². The van der Waals surface area contributed by atoms with Gasteiger partial charge in [0.05, 0.1) is 15.8 Å². The average molecular weight is 603 g/mol. The number of nitrogens with one attached hydrogen (secondary N) is 1. The summed E-state index contributed by atoms with van der Waals surface area (Å²) in [5.41, 5.74) is 3.37. The van der Waals surface area contributed by atoms with Crippen molar-refractivity contribution in [2.75, 3.05) is 19.8 Å². The molecule has 2 aliphatic heterocycles. The van der Waals surface area contributed by atoms with E-state index in [1.165, 1.54) is 22.9 Å². The summed E-state index contributed by atoms with van der Waals surface area (Å²) in [5, 5.41) is 9.03. The van der Waals surface area contributed by atoms with Crippen LogP contribution >= 0.6 is 34.4 Å². The van der Waals surface area contributed by atoms with E-state index in [1.54, 1.807) is 11.0 Å². The molecular formula is C26H26IN3O4S. The number of aliphatic imine (C=N–C) groups is 1. The number of thioether (sulfide) groups is 1. The summed E-state index contributed by atoms with van der Waals surface area (Å²) in [6, 6.07) is 9.72. The Balaban J connectivity index is 1.50. The molecule has 0 bridgehead atoms. The number of aryl methyl sites for hydroxylation is 2. The number of carbonyl (C=O) groups is 1. The average Bonchev–Trinajstić information content (AvgIpc) is 3.18. The van der Waals surface area contributed by atoms with Crippen molar-refractivity contribution in [3.63, 3.8) is 0 Å². The van der Waals surface area contributed by atoms with E-state index in [2.05, 4.69) is 41.4 Å². The number of ether oxygens (including phenoxy) is 3. The van der Waals surface area contributed by atoms with Crippen molar-refractivity contribution >= 4 is 57.3 Å². The lowest BCUT2D eigenvalue weighted by Crippen LogP contribution is -2.35. The van der Waals surface area contributed by atoms with E-state index in [-0.39, 0.29) is 11.4 Å². The van der Waals surface area contributed by atoms with Gasteiger partial charge in [0.15, 0.2) is 16.7 Å². The fourth-order valence-electron chi connectivity index (χ4n) is 3.55. The van der Waals surface area contributed by atoms with E-state index in [1.807, 2.05) is 50.4 Å². The van der Waals surface area contributed by atoms with Crippen molar-refractivity contribution < 1.29 is 19.0 Å². The Labute approximate surface area is 222 Å². The molecule has 2 aromatic rings. The second kappa shape index (κ2) is 10.9. The molecule has 182 valence electrons. The molecule has 0 atom stereocenters. The zero-order valence-corrected chi connectivity index (χ0v) is 23.0. The lowest BCUT2D eigenvalue weighted by Gasteiger charge is -2.22. The summed E-state index contributed by atoms with van der Waals surface area (Å²) in [6.07, 6.45) is 3.49. The molecule has 2 aliphatic rings. The van der Waals surface area contributed by atoms with Crippen LogP contribution in [0.3, 0.4) is 0 Å². The SMILES string of the molecule is CCOc1cc(C=C2C(=N)N3C=C(C)SC3=NC2=O)cc(I)c1OCCOc1ccc(C)c(C)c1. The van der Waals surface area contributed by atoms with Gasteiger partial charge < -0.3 is 14.2 Å². The Hall–Kier alpha value is -2.79. The van der Waals surface area contributed by atoms with Gasteiger partial charge in [-0.15, -0.1) is 0 Å². The molecule has 7 nitrogen and oxygen atoms in total. The summed E-state index contributed by atoms with van der Waals surface area (Å²) < 4.78 is 18.5. The smallest absolute Gasteiger partial charge is 0.283 e. The number of allylic oxidation sites excluding steroid dienone is 1. The largest absolute Gasteiger partial charge is 0.490 e. The van der Waals surface area contributed by atoms with Crippen LogP contribution in [0.1, 0.15) is 30.5 Å². The molecule has 2 aromatic carbocycles. The summed E-state index contributed by atoms with van der Waals surface area (Å²) in [7, 11) is 0. The van der Waals surface area contributed by atoms with Gasteiger partial charge in [-0.25, -0.2) is 0 Å². The van der Waals surface area contributed by atoms with Crippen LogP contribution in [0.5, 0.6) is 17.2 Å². The van der Waals surface area contributed by atoms with Crippen LogP contribution in [-0.2, 0) is 4.79 Å². The normalized spacial score (nSPS) is 16.3. The topological polar surface area (TPSA) is 84.2 Å². The number of fused-ring (bicyclic) bond motifs is 1. The van der Waals surface area contributed by atoms with E-state index in [0.717, 1.165) is 19.8 Å². The lowest BCUT2D eigenvalue weighted by atomic mass is 10.1. The van der Waals surface area contributed by atoms with Crippen molar-refractivity contribution in [1.82, 2.24) is 4.90 Å². The minimum Gasteiger partial charge on any atom is -0.490 e. The van der Waals surface area contributed by atoms with Crippen LogP contribution in [-0.4, -0.2) is 41.6 Å². The van der Waals surface area contributed by atoms with Gasteiger partial charge in [-0.2, -0.15) is 4.99 Å². The molecule has 1 N–H and O–H groups in total. The Morgan fingerprint density at radius 2 is 1.86 bits per heavy atom. The fraction of sp³-hybridized carbons (Fsp3) is 0.269. The third-order valence-corrected chi connectivity index (χ3v) is 7.11. The molecule has 2 heterocycles. The molecule has 0 fully saturated rings. The highest BCUT2D eigenvalue weighted by Gasteiger charge is 2.33. The zero-order chi connectivity index (χ0) is 25.1. The molecule has 0 saturated heterocycles. The highest BCUT2D eigenvalue weighted by molar-refractivity contribution is 14.1. The predicted molar refractivity (Wildman–Crippen MR) is 149 cm³/mol. The van der Waals surface area contributed by atoms with Crippen molar-refractivity contribution in [1.29, 1.82) is 5.41 Å². The molecule has 9 heteroatoms. The van der Waals surface area contributed by atoms with Gasteiger partial charge in [0.25, 0.3) is 5.91 Å². The van der Waals surface area contributed by atoms with E-state index in [0.29, 0.717) is 36.5 Å². The first kappa shape index (κ1) is 25.3. The Kier molecular flexibility index (Phi) is 7.85. The highest BCUT2D eigenvalue weighted by atomic mass is 127. The van der Waals surface area contributed by atoms with Gasteiger partial charge in [0.2, 0.25) is 0 Å². The molecule has 1 amide bonds. The number of benzene rings is 2. The van der Waals surface area contributed by atoms with Gasteiger partial charge in [-0.05, 0) is 97.3 Å². The van der Waals surface area contributed by atoms with Crippen molar-refractivity contribution in [3.05, 3.63) is 67.3 Å².